The van der Waals surface area contributed by atoms with Crippen molar-refractivity contribution in [2.45, 2.75) is 32.4 Å². The Morgan fingerprint density at radius 1 is 1.31 bits per heavy atom. The summed E-state index contributed by atoms with van der Waals surface area (Å²) in [6.07, 6.45) is 1.69. The van der Waals surface area contributed by atoms with E-state index in [-0.39, 0.29) is 11.9 Å². The highest BCUT2D eigenvalue weighted by Crippen LogP contribution is 2.33. The van der Waals surface area contributed by atoms with E-state index in [1.807, 2.05) is 36.5 Å². The van der Waals surface area contributed by atoms with Crippen LogP contribution in [0, 0.1) is 0 Å². The third-order valence-electron chi connectivity index (χ3n) is 5.16. The number of fused-ring (bicyclic) bond motifs is 1. The summed E-state index contributed by atoms with van der Waals surface area (Å²) in [5.41, 5.74) is 3.13. The Kier molecular flexibility index (Phi) is 6.51. The first kappa shape index (κ1) is 20.8. The number of nitrogens with zero attached hydrogens (tertiary/aromatic N) is 3. The van der Waals surface area contributed by atoms with E-state index in [2.05, 4.69) is 31.3 Å². The molecule has 0 saturated carbocycles. The molecule has 0 spiro atoms. The average molecular weight is 467 g/mol. The zero-order valence-corrected chi connectivity index (χ0v) is 19.0. The Morgan fingerprint density at radius 2 is 2.17 bits per heavy atom. The minimum atomic E-state index is -0.129. The fourth-order valence-corrected chi connectivity index (χ4v) is 5.46. The highest BCUT2D eigenvalue weighted by atomic mass is 35.5. The Balaban J connectivity index is 1.56. The first-order valence-corrected chi connectivity index (χ1v) is 11.8. The van der Waals surface area contributed by atoms with Gasteiger partial charge >= 0.3 is 0 Å². The summed E-state index contributed by atoms with van der Waals surface area (Å²) in [5.74, 6) is -0.129. The standard InChI is InChI=1S/C20H20Cl2N4OS2/c1-2-16-19(29-25-24-16)20(27)23-10-17(12-3-4-14(21)15(22)9-12)26-7-5-18-13(11-26)6-8-28-18/h3-4,6,8-9,17H,2,5,7,10-11H2,1H3,(H,23,27). The number of carbonyl (C=O) groups is 1. The van der Waals surface area contributed by atoms with Gasteiger partial charge in [-0.15, -0.1) is 16.4 Å². The molecule has 1 atom stereocenters. The number of rotatable bonds is 6. The number of halogens is 2. The van der Waals surface area contributed by atoms with Gasteiger partial charge in [-0.1, -0.05) is 40.7 Å². The maximum Gasteiger partial charge on any atom is 0.265 e. The molecule has 2 aromatic heterocycles. The van der Waals surface area contributed by atoms with Gasteiger partial charge in [0.05, 0.1) is 21.8 Å². The summed E-state index contributed by atoms with van der Waals surface area (Å²) in [5, 5.41) is 10.3. The highest BCUT2D eigenvalue weighted by Gasteiger charge is 2.27. The molecule has 3 heterocycles. The number of thiophene rings is 1. The summed E-state index contributed by atoms with van der Waals surface area (Å²) in [6.45, 7) is 4.22. The number of amides is 1. The van der Waals surface area contributed by atoms with Crippen LogP contribution in [0.15, 0.2) is 29.6 Å². The summed E-state index contributed by atoms with van der Waals surface area (Å²) in [4.78, 5) is 17.2. The van der Waals surface area contributed by atoms with Gasteiger partial charge in [0, 0.05) is 24.5 Å². The number of aromatic nitrogens is 2. The lowest BCUT2D eigenvalue weighted by Crippen LogP contribution is -2.40. The van der Waals surface area contributed by atoms with E-state index in [0.717, 1.165) is 42.3 Å². The van der Waals surface area contributed by atoms with Crippen molar-refractivity contribution in [2.75, 3.05) is 13.1 Å². The number of carbonyl (C=O) groups excluding carboxylic acids is 1. The van der Waals surface area contributed by atoms with Gasteiger partial charge in [-0.3, -0.25) is 9.69 Å². The van der Waals surface area contributed by atoms with E-state index in [0.29, 0.717) is 27.9 Å². The van der Waals surface area contributed by atoms with Crippen LogP contribution in [0.2, 0.25) is 10.0 Å². The number of nitrogens with one attached hydrogen (secondary N) is 1. The van der Waals surface area contributed by atoms with Crippen molar-refractivity contribution >= 4 is 52.0 Å². The van der Waals surface area contributed by atoms with Crippen molar-refractivity contribution in [1.29, 1.82) is 0 Å². The van der Waals surface area contributed by atoms with Crippen LogP contribution in [0.4, 0.5) is 0 Å². The van der Waals surface area contributed by atoms with Crippen LogP contribution in [-0.4, -0.2) is 33.5 Å². The van der Waals surface area contributed by atoms with Gasteiger partial charge < -0.3 is 5.32 Å². The maximum atomic E-state index is 12.7. The van der Waals surface area contributed by atoms with Crippen molar-refractivity contribution in [3.05, 3.63) is 66.3 Å². The van der Waals surface area contributed by atoms with Crippen LogP contribution in [0.25, 0.3) is 0 Å². The van der Waals surface area contributed by atoms with Crippen molar-refractivity contribution in [3.63, 3.8) is 0 Å². The zero-order valence-electron chi connectivity index (χ0n) is 15.8. The fourth-order valence-electron chi connectivity index (χ4n) is 3.60. The van der Waals surface area contributed by atoms with Crippen molar-refractivity contribution < 1.29 is 4.79 Å². The molecule has 1 N–H and O–H groups in total. The summed E-state index contributed by atoms with van der Waals surface area (Å²) in [6, 6.07) is 7.88. The molecular weight excluding hydrogens is 447 g/mol. The molecule has 0 bridgehead atoms. The van der Waals surface area contributed by atoms with Gasteiger partial charge in [-0.25, -0.2) is 0 Å². The van der Waals surface area contributed by atoms with E-state index < -0.39 is 0 Å². The van der Waals surface area contributed by atoms with Crippen molar-refractivity contribution in [3.8, 4) is 0 Å². The lowest BCUT2D eigenvalue weighted by molar-refractivity contribution is 0.0931. The Morgan fingerprint density at radius 3 is 2.97 bits per heavy atom. The maximum absolute atomic E-state index is 12.7. The third kappa shape index (κ3) is 4.49. The largest absolute Gasteiger partial charge is 0.349 e. The molecular formula is C20H20Cl2N4OS2. The van der Waals surface area contributed by atoms with Gasteiger partial charge in [0.1, 0.15) is 4.88 Å². The number of aryl methyl sites for hydroxylation is 1. The van der Waals surface area contributed by atoms with Crippen LogP contribution in [0.3, 0.4) is 0 Å². The van der Waals surface area contributed by atoms with E-state index >= 15 is 0 Å². The minimum absolute atomic E-state index is 0.00674. The van der Waals surface area contributed by atoms with Crippen LogP contribution in [-0.2, 0) is 19.4 Å². The molecule has 1 aromatic carbocycles. The van der Waals surface area contributed by atoms with Gasteiger partial charge in [0.2, 0.25) is 0 Å². The van der Waals surface area contributed by atoms with E-state index in [1.54, 1.807) is 0 Å². The summed E-state index contributed by atoms with van der Waals surface area (Å²) >= 11 is 15.4. The van der Waals surface area contributed by atoms with Crippen LogP contribution >= 0.6 is 46.1 Å². The molecule has 152 valence electrons. The van der Waals surface area contributed by atoms with E-state index in [4.69, 9.17) is 23.2 Å². The van der Waals surface area contributed by atoms with Gasteiger partial charge in [0.15, 0.2) is 0 Å². The van der Waals surface area contributed by atoms with Crippen molar-refractivity contribution in [2.24, 2.45) is 0 Å². The van der Waals surface area contributed by atoms with Gasteiger partial charge in [-0.2, -0.15) is 0 Å². The monoisotopic (exact) mass is 466 g/mol. The Bertz CT molecular complexity index is 1020. The highest BCUT2D eigenvalue weighted by molar-refractivity contribution is 7.10. The molecule has 29 heavy (non-hydrogen) atoms. The van der Waals surface area contributed by atoms with Crippen LogP contribution < -0.4 is 5.32 Å². The first-order valence-electron chi connectivity index (χ1n) is 9.40. The SMILES string of the molecule is CCc1nnsc1C(=O)NCC(c1ccc(Cl)c(Cl)c1)N1CCc2sccc2C1. The third-order valence-corrected chi connectivity index (χ3v) is 7.69. The minimum Gasteiger partial charge on any atom is -0.349 e. The van der Waals surface area contributed by atoms with E-state index in [9.17, 15) is 4.79 Å². The first-order chi connectivity index (χ1) is 14.1. The van der Waals surface area contributed by atoms with Gasteiger partial charge in [0.25, 0.3) is 5.91 Å². The molecule has 0 aliphatic carbocycles. The molecule has 5 nitrogen and oxygen atoms in total. The molecule has 0 saturated heterocycles. The van der Waals surface area contributed by atoms with E-state index in [1.165, 1.54) is 10.4 Å². The fraction of sp³-hybridized carbons (Fsp3) is 0.350. The molecule has 1 aliphatic rings. The quantitative estimate of drug-likeness (QED) is 0.555. The lowest BCUT2D eigenvalue weighted by atomic mass is 10.0. The smallest absolute Gasteiger partial charge is 0.265 e. The summed E-state index contributed by atoms with van der Waals surface area (Å²) in [7, 11) is 0. The molecule has 9 heteroatoms. The number of hydrogen-bond acceptors (Lipinski definition) is 6. The average Bonchev–Trinajstić information content (AvgIpc) is 3.39. The molecule has 0 radical (unpaired) electrons. The number of benzene rings is 1. The normalized spacial score (nSPS) is 15.1. The second-order valence-electron chi connectivity index (χ2n) is 6.89. The Labute approximate surface area is 187 Å². The van der Waals surface area contributed by atoms with Gasteiger partial charge in [-0.05, 0) is 59.1 Å². The molecule has 1 aliphatic heterocycles. The molecule has 3 aromatic rings. The summed E-state index contributed by atoms with van der Waals surface area (Å²) < 4.78 is 3.92. The van der Waals surface area contributed by atoms with Crippen LogP contribution in [0.1, 0.15) is 44.3 Å². The Hall–Kier alpha value is -1.51. The predicted molar refractivity (Wildman–Crippen MR) is 119 cm³/mol. The topological polar surface area (TPSA) is 58.1 Å². The van der Waals surface area contributed by atoms with Crippen LogP contribution in [0.5, 0.6) is 0 Å². The second kappa shape index (κ2) is 9.10. The predicted octanol–water partition coefficient (Wildman–Crippen LogP) is 5.00. The zero-order chi connectivity index (χ0) is 20.4. The number of hydrogen-bond donors (Lipinski definition) is 1. The van der Waals surface area contributed by atoms with Crippen molar-refractivity contribution in [1.82, 2.24) is 19.8 Å². The molecule has 4 rings (SSSR count). The lowest BCUT2D eigenvalue weighted by Gasteiger charge is -2.35. The second-order valence-corrected chi connectivity index (χ2v) is 9.46. The molecule has 0 fully saturated rings. The molecule has 1 amide bonds. The molecule has 1 unspecified atom stereocenters.